The molecule has 1 aromatic rings. The van der Waals surface area contributed by atoms with Crippen LogP contribution in [0.4, 0.5) is 10.5 Å². The fraction of sp³-hybridized carbons (Fsp3) is 0.579. The maximum Gasteiger partial charge on any atom is 0.412 e. The molecule has 0 aromatic heterocycles. The first-order valence-corrected chi connectivity index (χ1v) is 8.80. The molecule has 0 radical (unpaired) electrons. The Morgan fingerprint density at radius 1 is 0.958 bits per heavy atom. The van der Waals surface area contributed by atoms with Crippen LogP contribution < -0.4 is 5.32 Å². The summed E-state index contributed by atoms with van der Waals surface area (Å²) in [5, 5.41) is 2.91. The van der Waals surface area contributed by atoms with E-state index in [2.05, 4.69) is 11.4 Å². The van der Waals surface area contributed by atoms with E-state index < -0.39 is 18.2 Å². The van der Waals surface area contributed by atoms with Crippen molar-refractivity contribution in [2.24, 2.45) is 0 Å². The van der Waals surface area contributed by atoms with E-state index in [0.29, 0.717) is 0 Å². The molecule has 0 heterocycles. The second-order valence-corrected chi connectivity index (χ2v) is 6.89. The zero-order valence-electron chi connectivity index (χ0n) is 14.6. The molecular weight excluding hydrogens is 306 g/mol. The number of aryl methyl sites for hydroxylation is 2. The Morgan fingerprint density at radius 2 is 1.54 bits per heavy atom. The Labute approximate surface area is 142 Å². The summed E-state index contributed by atoms with van der Waals surface area (Å²) in [6.45, 7) is 5.06. The highest BCUT2D eigenvalue weighted by Crippen LogP contribution is 2.38. The van der Waals surface area contributed by atoms with E-state index >= 15 is 0 Å². The zero-order valence-corrected chi connectivity index (χ0v) is 14.6. The first kappa shape index (κ1) is 16.8. The third-order valence-electron chi connectivity index (χ3n) is 4.67. The van der Waals surface area contributed by atoms with E-state index in [9.17, 15) is 9.59 Å². The van der Waals surface area contributed by atoms with Crippen LogP contribution in [0.5, 0.6) is 0 Å². The summed E-state index contributed by atoms with van der Waals surface area (Å²) >= 11 is 0. The van der Waals surface area contributed by atoms with Crippen molar-refractivity contribution in [1.29, 1.82) is 0 Å². The molecule has 0 saturated heterocycles. The number of benzene rings is 1. The maximum atomic E-state index is 12.3. The summed E-state index contributed by atoms with van der Waals surface area (Å²) in [5.74, 6) is -0.524. The van der Waals surface area contributed by atoms with Gasteiger partial charge in [-0.15, -0.1) is 0 Å². The number of nitrogens with one attached hydrogen (secondary N) is 1. The smallest absolute Gasteiger partial charge is 0.412 e. The standard InChI is InChI=1S/C19H25NO4/c1-11(2)23-18(21)12(3)24-19(22)20-17-15-8-4-6-13(15)10-14-7-5-9-16(14)17/h10-12H,4-9H2,1-3H3,(H,20,22). The second-order valence-electron chi connectivity index (χ2n) is 6.89. The van der Waals surface area contributed by atoms with Crippen molar-refractivity contribution in [3.8, 4) is 0 Å². The summed E-state index contributed by atoms with van der Waals surface area (Å²) in [6.07, 6.45) is 4.64. The van der Waals surface area contributed by atoms with Crippen LogP contribution in [-0.2, 0) is 40.0 Å². The number of rotatable bonds is 4. The van der Waals surface area contributed by atoms with E-state index in [-0.39, 0.29) is 6.10 Å². The van der Waals surface area contributed by atoms with Gasteiger partial charge in [0.05, 0.1) is 11.8 Å². The van der Waals surface area contributed by atoms with E-state index in [1.807, 2.05) is 0 Å². The topological polar surface area (TPSA) is 64.6 Å². The lowest BCUT2D eigenvalue weighted by molar-refractivity contribution is -0.156. The molecule has 2 aliphatic rings. The van der Waals surface area contributed by atoms with Gasteiger partial charge in [0.25, 0.3) is 0 Å². The molecule has 0 fully saturated rings. The van der Waals surface area contributed by atoms with E-state index in [4.69, 9.17) is 9.47 Å². The van der Waals surface area contributed by atoms with Crippen LogP contribution in [0.2, 0.25) is 0 Å². The number of hydrogen-bond donors (Lipinski definition) is 1. The quantitative estimate of drug-likeness (QED) is 0.857. The van der Waals surface area contributed by atoms with Crippen molar-refractivity contribution >= 4 is 17.7 Å². The van der Waals surface area contributed by atoms with Gasteiger partial charge in [0, 0.05) is 0 Å². The maximum absolute atomic E-state index is 12.3. The minimum Gasteiger partial charge on any atom is -0.460 e. The lowest BCUT2D eigenvalue weighted by atomic mass is 9.99. The van der Waals surface area contributed by atoms with Crippen molar-refractivity contribution in [3.63, 3.8) is 0 Å². The third kappa shape index (κ3) is 3.40. The Hall–Kier alpha value is -2.04. The van der Waals surface area contributed by atoms with Gasteiger partial charge < -0.3 is 9.47 Å². The number of anilines is 1. The van der Waals surface area contributed by atoms with Crippen molar-refractivity contribution in [2.45, 2.75) is 71.5 Å². The number of fused-ring (bicyclic) bond motifs is 2. The van der Waals surface area contributed by atoms with E-state index in [0.717, 1.165) is 44.2 Å². The number of ether oxygens (including phenoxy) is 2. The number of hydrogen-bond acceptors (Lipinski definition) is 4. The Balaban J connectivity index is 1.72. The lowest BCUT2D eigenvalue weighted by Crippen LogP contribution is -2.30. The number of amides is 1. The van der Waals surface area contributed by atoms with Gasteiger partial charge >= 0.3 is 12.1 Å². The van der Waals surface area contributed by atoms with Crippen molar-refractivity contribution in [3.05, 3.63) is 28.3 Å². The van der Waals surface area contributed by atoms with Crippen LogP contribution in [0, 0.1) is 0 Å². The van der Waals surface area contributed by atoms with Crippen LogP contribution in [0.15, 0.2) is 6.07 Å². The number of esters is 1. The molecule has 1 aromatic carbocycles. The molecule has 1 amide bonds. The predicted molar refractivity (Wildman–Crippen MR) is 91.3 cm³/mol. The summed E-state index contributed by atoms with van der Waals surface area (Å²) < 4.78 is 10.3. The van der Waals surface area contributed by atoms with Crippen molar-refractivity contribution in [1.82, 2.24) is 0 Å². The molecule has 0 saturated carbocycles. The molecule has 0 spiro atoms. The zero-order chi connectivity index (χ0) is 17.3. The SMILES string of the molecule is CC(C)OC(=O)C(C)OC(=O)Nc1c2c(cc3c1CCC3)CCC2. The molecule has 0 aliphatic heterocycles. The first-order chi connectivity index (χ1) is 11.5. The van der Waals surface area contributed by atoms with E-state index in [1.165, 1.54) is 29.2 Å². The summed E-state index contributed by atoms with van der Waals surface area (Å²) in [6, 6.07) is 2.31. The van der Waals surface area contributed by atoms with Crippen LogP contribution >= 0.6 is 0 Å². The Bertz CT molecular complexity index is 634. The third-order valence-corrected chi connectivity index (χ3v) is 4.67. The van der Waals surface area contributed by atoms with Gasteiger partial charge in [-0.1, -0.05) is 6.07 Å². The highest BCUT2D eigenvalue weighted by Gasteiger charge is 2.26. The summed E-state index contributed by atoms with van der Waals surface area (Å²) in [5.41, 5.74) is 6.10. The fourth-order valence-corrected chi connectivity index (χ4v) is 3.64. The molecule has 5 nitrogen and oxygen atoms in total. The van der Waals surface area contributed by atoms with Crippen LogP contribution in [-0.4, -0.2) is 24.3 Å². The molecule has 5 heteroatoms. The van der Waals surface area contributed by atoms with Gasteiger partial charge in [-0.25, -0.2) is 9.59 Å². The van der Waals surface area contributed by atoms with Crippen LogP contribution in [0.1, 0.15) is 55.9 Å². The number of carbonyl (C=O) groups is 2. The normalized spacial score (nSPS) is 16.5. The number of carbonyl (C=O) groups excluding carboxylic acids is 2. The van der Waals surface area contributed by atoms with Gasteiger partial charge in [-0.3, -0.25) is 5.32 Å². The van der Waals surface area contributed by atoms with Crippen LogP contribution in [0.3, 0.4) is 0 Å². The molecule has 24 heavy (non-hydrogen) atoms. The molecule has 3 rings (SSSR count). The lowest BCUT2D eigenvalue weighted by Gasteiger charge is -2.18. The van der Waals surface area contributed by atoms with Gasteiger partial charge in [0.2, 0.25) is 0 Å². The predicted octanol–water partition coefficient (Wildman–Crippen LogP) is 3.55. The van der Waals surface area contributed by atoms with Crippen molar-refractivity contribution < 1.29 is 19.1 Å². The molecule has 130 valence electrons. The largest absolute Gasteiger partial charge is 0.460 e. The van der Waals surface area contributed by atoms with Crippen LogP contribution in [0.25, 0.3) is 0 Å². The fourth-order valence-electron chi connectivity index (χ4n) is 3.64. The molecule has 0 bridgehead atoms. The molecule has 1 unspecified atom stereocenters. The first-order valence-electron chi connectivity index (χ1n) is 8.80. The molecule has 1 atom stereocenters. The summed E-state index contributed by atoms with van der Waals surface area (Å²) in [4.78, 5) is 24.1. The Kier molecular flexibility index (Phi) is 4.78. The highest BCUT2D eigenvalue weighted by molar-refractivity contribution is 5.90. The average molecular weight is 331 g/mol. The minimum absolute atomic E-state index is 0.229. The second kappa shape index (κ2) is 6.83. The van der Waals surface area contributed by atoms with Gasteiger partial charge in [0.15, 0.2) is 6.10 Å². The van der Waals surface area contributed by atoms with Gasteiger partial charge in [0.1, 0.15) is 0 Å². The molecule has 1 N–H and O–H groups in total. The Morgan fingerprint density at radius 3 is 2.08 bits per heavy atom. The highest BCUT2D eigenvalue weighted by atomic mass is 16.6. The monoisotopic (exact) mass is 331 g/mol. The van der Waals surface area contributed by atoms with Crippen molar-refractivity contribution in [2.75, 3.05) is 5.32 Å². The molecule has 2 aliphatic carbocycles. The van der Waals surface area contributed by atoms with Gasteiger partial charge in [-0.05, 0) is 81.5 Å². The minimum atomic E-state index is -0.919. The van der Waals surface area contributed by atoms with E-state index in [1.54, 1.807) is 13.8 Å². The average Bonchev–Trinajstić information content (AvgIpc) is 3.14. The summed E-state index contributed by atoms with van der Waals surface area (Å²) in [7, 11) is 0. The van der Waals surface area contributed by atoms with Gasteiger partial charge in [-0.2, -0.15) is 0 Å². The molecular formula is C19H25NO4.